The summed E-state index contributed by atoms with van der Waals surface area (Å²) in [6.45, 7) is 4.54. The molecule has 0 aliphatic rings. The lowest BCUT2D eigenvalue weighted by Gasteiger charge is -2.12. The second-order valence-corrected chi connectivity index (χ2v) is 4.39. The Balaban J connectivity index is 2.06. The van der Waals surface area contributed by atoms with Gasteiger partial charge in [0.25, 0.3) is 0 Å². The van der Waals surface area contributed by atoms with Crippen LogP contribution in [0.25, 0.3) is 5.70 Å². The number of carbonyl (C=O) groups is 1. The number of nitrogens with two attached hydrogens (primary N) is 1. The van der Waals surface area contributed by atoms with E-state index in [4.69, 9.17) is 5.73 Å². The van der Waals surface area contributed by atoms with Gasteiger partial charge >= 0.3 is 0 Å². The first-order valence-electron chi connectivity index (χ1n) is 6.27. The van der Waals surface area contributed by atoms with E-state index in [0.717, 1.165) is 22.5 Å². The smallest absolute Gasteiger partial charge is 0.207 e. The number of hydrogen-bond donors (Lipinski definition) is 3. The molecule has 1 amide bonds. The molecule has 4 N–H and O–H groups in total. The van der Waals surface area contributed by atoms with Crippen LogP contribution in [0.3, 0.4) is 0 Å². The average Bonchev–Trinajstić information content (AvgIpc) is 2.48. The summed E-state index contributed by atoms with van der Waals surface area (Å²) in [6.07, 6.45) is 0.687. The van der Waals surface area contributed by atoms with E-state index in [9.17, 15) is 4.79 Å². The molecule has 4 heteroatoms. The highest BCUT2D eigenvalue weighted by molar-refractivity contribution is 5.80. The van der Waals surface area contributed by atoms with Gasteiger partial charge < -0.3 is 16.4 Å². The number of carbonyl (C=O) groups excluding carboxylic acids is 1. The van der Waals surface area contributed by atoms with E-state index in [0.29, 0.717) is 18.6 Å². The van der Waals surface area contributed by atoms with Crippen molar-refractivity contribution in [2.24, 2.45) is 0 Å². The Morgan fingerprint density at radius 2 is 1.85 bits per heavy atom. The maximum absolute atomic E-state index is 10.2. The topological polar surface area (TPSA) is 67.2 Å². The van der Waals surface area contributed by atoms with E-state index in [2.05, 4.69) is 17.2 Å². The minimum atomic E-state index is 0.523. The maximum Gasteiger partial charge on any atom is 0.207 e. The molecule has 0 aliphatic carbocycles. The minimum Gasteiger partial charge on any atom is -0.397 e. The van der Waals surface area contributed by atoms with Gasteiger partial charge in [-0.25, -0.2) is 0 Å². The second kappa shape index (κ2) is 6.43. The fourth-order valence-electron chi connectivity index (χ4n) is 1.83. The molecule has 0 radical (unpaired) electrons. The molecule has 2 rings (SSSR count). The van der Waals surface area contributed by atoms with Crippen LogP contribution in [0.5, 0.6) is 0 Å². The molecule has 0 unspecified atom stereocenters. The van der Waals surface area contributed by atoms with Gasteiger partial charge in [0.1, 0.15) is 0 Å². The molecule has 0 saturated heterocycles. The molecule has 0 aliphatic heterocycles. The number of benzene rings is 2. The highest BCUT2D eigenvalue weighted by Crippen LogP contribution is 2.22. The summed E-state index contributed by atoms with van der Waals surface area (Å²) in [5.74, 6) is 0. The van der Waals surface area contributed by atoms with Crippen molar-refractivity contribution in [3.63, 3.8) is 0 Å². The summed E-state index contributed by atoms with van der Waals surface area (Å²) in [5, 5.41) is 5.82. The van der Waals surface area contributed by atoms with Crippen molar-refractivity contribution < 1.29 is 4.79 Å². The third kappa shape index (κ3) is 3.38. The summed E-state index contributed by atoms with van der Waals surface area (Å²) in [7, 11) is 0. The van der Waals surface area contributed by atoms with Gasteiger partial charge in [-0.1, -0.05) is 43.0 Å². The van der Waals surface area contributed by atoms with E-state index < -0.39 is 0 Å². The largest absolute Gasteiger partial charge is 0.397 e. The predicted molar refractivity (Wildman–Crippen MR) is 82.9 cm³/mol. The second-order valence-electron chi connectivity index (χ2n) is 4.39. The molecule has 0 heterocycles. The summed E-state index contributed by atoms with van der Waals surface area (Å²) >= 11 is 0. The quantitative estimate of drug-likeness (QED) is 0.556. The Kier molecular flexibility index (Phi) is 4.39. The normalized spacial score (nSPS) is 9.80. The average molecular weight is 267 g/mol. The van der Waals surface area contributed by atoms with Crippen LogP contribution in [0, 0.1) is 0 Å². The summed E-state index contributed by atoms with van der Waals surface area (Å²) in [6, 6.07) is 15.4. The molecule has 20 heavy (non-hydrogen) atoms. The summed E-state index contributed by atoms with van der Waals surface area (Å²) in [4.78, 5) is 10.2. The van der Waals surface area contributed by atoms with Crippen molar-refractivity contribution in [3.05, 3.63) is 66.2 Å². The molecule has 4 nitrogen and oxygen atoms in total. The first-order valence-corrected chi connectivity index (χ1v) is 6.27. The minimum absolute atomic E-state index is 0.523. The van der Waals surface area contributed by atoms with E-state index >= 15 is 0 Å². The third-order valence-electron chi connectivity index (χ3n) is 2.94. The van der Waals surface area contributed by atoms with Crippen molar-refractivity contribution in [2.75, 3.05) is 11.1 Å². The third-order valence-corrected chi connectivity index (χ3v) is 2.94. The highest BCUT2D eigenvalue weighted by Gasteiger charge is 2.02. The van der Waals surface area contributed by atoms with E-state index in [1.54, 1.807) is 0 Å². The van der Waals surface area contributed by atoms with Crippen molar-refractivity contribution in [1.82, 2.24) is 5.32 Å². The van der Waals surface area contributed by atoms with Crippen LogP contribution in [-0.2, 0) is 11.3 Å². The van der Waals surface area contributed by atoms with Gasteiger partial charge in [0, 0.05) is 12.2 Å². The lowest BCUT2D eigenvalue weighted by Crippen LogP contribution is -2.09. The molecule has 0 bridgehead atoms. The van der Waals surface area contributed by atoms with Gasteiger partial charge in [0.05, 0.1) is 11.4 Å². The van der Waals surface area contributed by atoms with Crippen molar-refractivity contribution >= 4 is 23.5 Å². The number of amides is 1. The number of nitrogens with one attached hydrogen (secondary N) is 2. The van der Waals surface area contributed by atoms with Crippen LogP contribution < -0.4 is 16.4 Å². The Labute approximate surface area is 118 Å². The Morgan fingerprint density at radius 1 is 1.15 bits per heavy atom. The number of para-hydroxylation sites is 2. The van der Waals surface area contributed by atoms with E-state index in [-0.39, 0.29) is 0 Å². The molecule has 0 aromatic heterocycles. The van der Waals surface area contributed by atoms with Crippen molar-refractivity contribution in [2.45, 2.75) is 6.54 Å². The first-order chi connectivity index (χ1) is 9.70. The summed E-state index contributed by atoms with van der Waals surface area (Å²) < 4.78 is 0. The molecule has 0 atom stereocenters. The van der Waals surface area contributed by atoms with Crippen LogP contribution in [0.4, 0.5) is 11.4 Å². The Morgan fingerprint density at radius 3 is 2.50 bits per heavy atom. The zero-order valence-corrected chi connectivity index (χ0v) is 11.1. The zero-order chi connectivity index (χ0) is 14.4. The first kappa shape index (κ1) is 13.7. The lowest BCUT2D eigenvalue weighted by molar-refractivity contribution is -0.109. The predicted octanol–water partition coefficient (Wildman–Crippen LogP) is 2.60. The van der Waals surface area contributed by atoms with Gasteiger partial charge in [-0.2, -0.15) is 0 Å². The molecular weight excluding hydrogens is 250 g/mol. The van der Waals surface area contributed by atoms with Crippen LogP contribution in [0.2, 0.25) is 0 Å². The number of nitrogen functional groups attached to an aromatic ring is 1. The van der Waals surface area contributed by atoms with E-state index in [1.165, 1.54) is 0 Å². The Bertz CT molecular complexity index is 605. The molecule has 0 saturated carbocycles. The summed E-state index contributed by atoms with van der Waals surface area (Å²) in [5.41, 5.74) is 10.2. The van der Waals surface area contributed by atoms with Gasteiger partial charge in [0.2, 0.25) is 6.41 Å². The fourth-order valence-corrected chi connectivity index (χ4v) is 1.83. The highest BCUT2D eigenvalue weighted by atomic mass is 16.1. The zero-order valence-electron chi connectivity index (χ0n) is 11.1. The number of hydrogen-bond acceptors (Lipinski definition) is 3. The molecule has 102 valence electrons. The van der Waals surface area contributed by atoms with Gasteiger partial charge in [-0.15, -0.1) is 0 Å². The van der Waals surface area contributed by atoms with Crippen molar-refractivity contribution in [3.8, 4) is 0 Å². The lowest BCUT2D eigenvalue weighted by atomic mass is 10.1. The number of rotatable bonds is 6. The van der Waals surface area contributed by atoms with Gasteiger partial charge in [-0.05, 0) is 23.3 Å². The fraction of sp³-hybridized carbons (Fsp3) is 0.0625. The van der Waals surface area contributed by atoms with Crippen LogP contribution in [0.15, 0.2) is 55.1 Å². The van der Waals surface area contributed by atoms with Gasteiger partial charge in [0.15, 0.2) is 0 Å². The van der Waals surface area contributed by atoms with Crippen LogP contribution >= 0.6 is 0 Å². The van der Waals surface area contributed by atoms with Crippen molar-refractivity contribution in [1.29, 1.82) is 0 Å². The SMILES string of the molecule is C=C(Nc1ccccc1N)c1ccc(CNC=O)cc1. The molecule has 0 spiro atoms. The molecular formula is C16H17N3O. The van der Waals surface area contributed by atoms with Crippen LogP contribution in [0.1, 0.15) is 11.1 Å². The maximum atomic E-state index is 10.2. The monoisotopic (exact) mass is 267 g/mol. The molecule has 0 fully saturated rings. The number of anilines is 2. The van der Waals surface area contributed by atoms with Gasteiger partial charge in [-0.3, -0.25) is 4.79 Å². The molecule has 2 aromatic carbocycles. The Hall–Kier alpha value is -2.75. The standard InChI is InChI=1S/C16H17N3O/c1-12(19-16-5-3-2-4-15(16)17)14-8-6-13(7-9-14)10-18-11-20/h2-9,11,19H,1,10,17H2,(H,18,20). The van der Waals surface area contributed by atoms with Crippen LogP contribution in [-0.4, -0.2) is 6.41 Å². The van der Waals surface area contributed by atoms with E-state index in [1.807, 2.05) is 48.5 Å². The molecule has 2 aromatic rings.